The lowest BCUT2D eigenvalue weighted by Gasteiger charge is -2.11. The van der Waals surface area contributed by atoms with Crippen LogP contribution in [-0.4, -0.2) is 31.8 Å². The minimum atomic E-state index is -3.35. The largest absolute Gasteiger partial charge is 0.245 e. The van der Waals surface area contributed by atoms with Crippen LogP contribution < -0.4 is 0 Å². The summed E-state index contributed by atoms with van der Waals surface area (Å²) < 4.78 is 24.9. The molecule has 90 valence electrons. The molecule has 0 bridgehead atoms. The molecule has 0 aliphatic heterocycles. The van der Waals surface area contributed by atoms with Crippen LogP contribution in [0.15, 0.2) is 40.1 Å². The topological polar surface area (TPSA) is 50.3 Å². The summed E-state index contributed by atoms with van der Waals surface area (Å²) in [6.45, 7) is 0. The van der Waals surface area contributed by atoms with Gasteiger partial charge in [0.05, 0.1) is 16.1 Å². The molecule has 1 aromatic heterocycles. The fourth-order valence-corrected chi connectivity index (χ4v) is 2.83. The molecule has 0 N–H and O–H groups in total. The molecule has 1 aromatic carbocycles. The van der Waals surface area contributed by atoms with E-state index < -0.39 is 10.0 Å². The van der Waals surface area contributed by atoms with Crippen molar-refractivity contribution in [2.45, 2.75) is 4.90 Å². The van der Waals surface area contributed by atoms with Crippen LogP contribution in [-0.2, 0) is 10.0 Å². The lowest BCUT2D eigenvalue weighted by atomic mass is 10.2. The second-order valence-electron chi connectivity index (χ2n) is 3.69. The van der Waals surface area contributed by atoms with Crippen LogP contribution in [0.2, 0.25) is 0 Å². The van der Waals surface area contributed by atoms with Gasteiger partial charge in [-0.2, -0.15) is 0 Å². The maximum atomic E-state index is 11.8. The quantitative estimate of drug-likeness (QED) is 0.856. The molecule has 0 saturated carbocycles. The number of sulfonamides is 1. The van der Waals surface area contributed by atoms with Crippen molar-refractivity contribution in [3.05, 3.63) is 35.2 Å². The molecule has 2 rings (SSSR count). The smallest absolute Gasteiger partial charge is 0.242 e. The molecule has 4 nitrogen and oxygen atoms in total. The first-order valence-corrected chi connectivity index (χ1v) is 7.31. The Bertz CT molecular complexity index is 587. The summed E-state index contributed by atoms with van der Waals surface area (Å²) in [5, 5.41) is 1.93. The van der Waals surface area contributed by atoms with E-state index in [0.717, 1.165) is 11.3 Å². The van der Waals surface area contributed by atoms with Crippen LogP contribution in [0.5, 0.6) is 0 Å². The number of nitrogens with zero attached hydrogens (tertiary/aromatic N) is 2. The Kier molecular flexibility index (Phi) is 3.28. The summed E-state index contributed by atoms with van der Waals surface area (Å²) in [6, 6.07) is 6.74. The van der Waals surface area contributed by atoms with E-state index in [-0.39, 0.29) is 0 Å². The Hall–Kier alpha value is -1.24. The fourth-order valence-electron chi connectivity index (χ4n) is 1.36. The van der Waals surface area contributed by atoms with Gasteiger partial charge in [-0.25, -0.2) is 17.7 Å². The first-order valence-electron chi connectivity index (χ1n) is 4.93. The maximum Gasteiger partial charge on any atom is 0.242 e. The Labute approximate surface area is 105 Å². The molecule has 0 spiro atoms. The second-order valence-corrected chi connectivity index (χ2v) is 6.56. The SMILES string of the molecule is CN(C)S(=O)(=O)c1ccc(-c2cscn2)cc1. The van der Waals surface area contributed by atoms with Crippen LogP contribution >= 0.6 is 11.3 Å². The number of aromatic nitrogens is 1. The van der Waals surface area contributed by atoms with Gasteiger partial charge in [-0.15, -0.1) is 11.3 Å². The molecule has 2 aromatic rings. The lowest BCUT2D eigenvalue weighted by molar-refractivity contribution is 0.521. The molecule has 0 fully saturated rings. The number of rotatable bonds is 3. The van der Waals surface area contributed by atoms with E-state index in [9.17, 15) is 8.42 Å². The molecule has 0 unspecified atom stereocenters. The number of benzene rings is 1. The fraction of sp³-hybridized carbons (Fsp3) is 0.182. The molecular formula is C11H12N2O2S2. The van der Waals surface area contributed by atoms with Crippen LogP contribution in [0.1, 0.15) is 0 Å². The molecule has 0 radical (unpaired) electrons. The molecule has 0 aliphatic rings. The summed E-state index contributed by atoms with van der Waals surface area (Å²) in [4.78, 5) is 4.47. The van der Waals surface area contributed by atoms with Gasteiger partial charge < -0.3 is 0 Å². The van der Waals surface area contributed by atoms with Crippen molar-refractivity contribution in [2.75, 3.05) is 14.1 Å². The molecule has 6 heteroatoms. The van der Waals surface area contributed by atoms with Gasteiger partial charge >= 0.3 is 0 Å². The van der Waals surface area contributed by atoms with Crippen molar-refractivity contribution >= 4 is 21.4 Å². The number of thiazole rings is 1. The number of hydrogen-bond acceptors (Lipinski definition) is 4. The van der Waals surface area contributed by atoms with E-state index in [4.69, 9.17) is 0 Å². The van der Waals surface area contributed by atoms with Crippen molar-refractivity contribution in [2.24, 2.45) is 0 Å². The summed E-state index contributed by atoms with van der Waals surface area (Å²) in [5.41, 5.74) is 3.53. The minimum absolute atomic E-state index is 0.293. The average molecular weight is 268 g/mol. The Balaban J connectivity index is 2.38. The highest BCUT2D eigenvalue weighted by Crippen LogP contribution is 2.21. The van der Waals surface area contributed by atoms with Crippen molar-refractivity contribution < 1.29 is 8.42 Å². The van der Waals surface area contributed by atoms with Gasteiger partial charge in [0.2, 0.25) is 10.0 Å². The van der Waals surface area contributed by atoms with Crippen LogP contribution in [0.3, 0.4) is 0 Å². The Morgan fingerprint density at radius 2 is 1.82 bits per heavy atom. The van der Waals surface area contributed by atoms with Gasteiger partial charge in [0.15, 0.2) is 0 Å². The predicted octanol–water partition coefficient (Wildman–Crippen LogP) is 2.06. The van der Waals surface area contributed by atoms with Gasteiger partial charge in [-0.3, -0.25) is 0 Å². The zero-order valence-corrected chi connectivity index (χ0v) is 11.1. The summed E-state index contributed by atoms with van der Waals surface area (Å²) in [5.74, 6) is 0. The van der Waals surface area contributed by atoms with Gasteiger partial charge in [0.1, 0.15) is 0 Å². The van der Waals surface area contributed by atoms with Crippen molar-refractivity contribution in [1.29, 1.82) is 0 Å². The maximum absolute atomic E-state index is 11.8. The molecule has 0 saturated heterocycles. The summed E-state index contributed by atoms with van der Waals surface area (Å²) in [7, 11) is -0.312. The van der Waals surface area contributed by atoms with Gasteiger partial charge in [0.25, 0.3) is 0 Å². The zero-order valence-electron chi connectivity index (χ0n) is 9.49. The highest BCUT2D eigenvalue weighted by Gasteiger charge is 2.16. The summed E-state index contributed by atoms with van der Waals surface area (Å²) in [6.07, 6.45) is 0. The molecule has 17 heavy (non-hydrogen) atoms. The third-order valence-corrected chi connectivity index (χ3v) is 4.78. The Morgan fingerprint density at radius 1 is 1.18 bits per heavy atom. The monoisotopic (exact) mass is 268 g/mol. The van der Waals surface area contributed by atoms with E-state index in [2.05, 4.69) is 4.98 Å². The molecule has 0 amide bonds. The highest BCUT2D eigenvalue weighted by molar-refractivity contribution is 7.89. The standard InChI is InChI=1S/C11H12N2O2S2/c1-13(2)17(14,15)10-5-3-9(4-6-10)11-7-16-8-12-11/h3-8H,1-2H3. The molecule has 0 aliphatic carbocycles. The van der Waals surface area contributed by atoms with E-state index in [1.807, 2.05) is 5.38 Å². The molecule has 1 heterocycles. The average Bonchev–Trinajstić information content (AvgIpc) is 2.82. The first-order chi connectivity index (χ1) is 8.01. The van der Waals surface area contributed by atoms with Crippen molar-refractivity contribution in [1.82, 2.24) is 9.29 Å². The van der Waals surface area contributed by atoms with Gasteiger partial charge in [-0.1, -0.05) is 12.1 Å². The lowest BCUT2D eigenvalue weighted by Crippen LogP contribution is -2.22. The first kappa shape index (κ1) is 12.2. The summed E-state index contributed by atoms with van der Waals surface area (Å²) >= 11 is 1.51. The van der Waals surface area contributed by atoms with Crippen LogP contribution in [0.4, 0.5) is 0 Å². The number of hydrogen-bond donors (Lipinski definition) is 0. The van der Waals surface area contributed by atoms with E-state index in [1.54, 1.807) is 29.8 Å². The molecular weight excluding hydrogens is 256 g/mol. The predicted molar refractivity (Wildman–Crippen MR) is 68.4 cm³/mol. The van der Waals surface area contributed by atoms with E-state index in [1.165, 1.54) is 29.7 Å². The second kappa shape index (κ2) is 4.56. The van der Waals surface area contributed by atoms with Crippen LogP contribution in [0, 0.1) is 0 Å². The third kappa shape index (κ3) is 2.38. The zero-order chi connectivity index (χ0) is 12.5. The van der Waals surface area contributed by atoms with Crippen molar-refractivity contribution in [3.63, 3.8) is 0 Å². The third-order valence-electron chi connectivity index (χ3n) is 2.36. The van der Waals surface area contributed by atoms with Gasteiger partial charge in [-0.05, 0) is 12.1 Å². The van der Waals surface area contributed by atoms with E-state index >= 15 is 0 Å². The Morgan fingerprint density at radius 3 is 2.29 bits per heavy atom. The normalized spacial score (nSPS) is 11.9. The van der Waals surface area contributed by atoms with Crippen LogP contribution in [0.25, 0.3) is 11.3 Å². The van der Waals surface area contributed by atoms with Crippen molar-refractivity contribution in [3.8, 4) is 11.3 Å². The van der Waals surface area contributed by atoms with E-state index in [0.29, 0.717) is 4.90 Å². The van der Waals surface area contributed by atoms with Gasteiger partial charge in [0, 0.05) is 25.0 Å². The molecule has 0 atom stereocenters. The highest BCUT2D eigenvalue weighted by atomic mass is 32.2. The minimum Gasteiger partial charge on any atom is -0.245 e.